The normalized spacial score (nSPS) is 10.1. The van der Waals surface area contributed by atoms with E-state index in [0.717, 1.165) is 11.3 Å². The lowest BCUT2D eigenvalue weighted by atomic mass is 10.2. The standard InChI is InChI=1S/C14H16N4O2/c1-17(2)12-5-3-4-11(8-12)9-15-14-7-6-13(10-16-14)18(19)20/h3-8,10H,9H2,1-2H3,(H,15,16). The molecule has 20 heavy (non-hydrogen) atoms. The molecule has 0 unspecified atom stereocenters. The molecule has 104 valence electrons. The Morgan fingerprint density at radius 1 is 1.30 bits per heavy atom. The number of nitrogens with zero attached hydrogens (tertiary/aromatic N) is 3. The third-order valence-electron chi connectivity index (χ3n) is 2.86. The molecule has 0 radical (unpaired) electrons. The average molecular weight is 272 g/mol. The molecule has 2 aromatic rings. The Kier molecular flexibility index (Phi) is 4.14. The molecular formula is C14H16N4O2. The molecule has 0 spiro atoms. The lowest BCUT2D eigenvalue weighted by Gasteiger charge is -2.14. The number of pyridine rings is 1. The molecule has 0 bridgehead atoms. The molecule has 2 rings (SSSR count). The van der Waals surface area contributed by atoms with Crippen molar-refractivity contribution in [1.82, 2.24) is 4.98 Å². The van der Waals surface area contributed by atoms with Crippen LogP contribution in [0.2, 0.25) is 0 Å². The Morgan fingerprint density at radius 3 is 2.70 bits per heavy atom. The van der Waals surface area contributed by atoms with E-state index in [4.69, 9.17) is 0 Å². The number of hydrogen-bond acceptors (Lipinski definition) is 5. The predicted molar refractivity (Wildman–Crippen MR) is 79.0 cm³/mol. The third kappa shape index (κ3) is 3.44. The highest BCUT2D eigenvalue weighted by Crippen LogP contribution is 2.16. The number of nitro groups is 1. The van der Waals surface area contributed by atoms with Crippen LogP contribution < -0.4 is 10.2 Å². The lowest BCUT2D eigenvalue weighted by molar-refractivity contribution is -0.385. The first-order chi connectivity index (χ1) is 9.56. The van der Waals surface area contributed by atoms with Crippen LogP contribution in [0, 0.1) is 10.1 Å². The summed E-state index contributed by atoms with van der Waals surface area (Å²) in [5.41, 5.74) is 2.24. The van der Waals surface area contributed by atoms with Gasteiger partial charge in [0.15, 0.2) is 0 Å². The van der Waals surface area contributed by atoms with Crippen molar-refractivity contribution < 1.29 is 4.92 Å². The van der Waals surface area contributed by atoms with E-state index in [0.29, 0.717) is 12.4 Å². The summed E-state index contributed by atoms with van der Waals surface area (Å²) >= 11 is 0. The van der Waals surface area contributed by atoms with Crippen LogP contribution in [0.3, 0.4) is 0 Å². The zero-order chi connectivity index (χ0) is 14.5. The molecule has 1 heterocycles. The molecule has 0 aliphatic carbocycles. The Bertz CT molecular complexity index is 596. The maximum atomic E-state index is 10.5. The SMILES string of the molecule is CN(C)c1cccc(CNc2ccc([N+](=O)[O-])cn2)c1. The number of nitrogens with one attached hydrogen (secondary N) is 1. The van der Waals surface area contributed by atoms with E-state index in [2.05, 4.69) is 16.4 Å². The van der Waals surface area contributed by atoms with Crippen molar-refractivity contribution in [3.05, 3.63) is 58.3 Å². The van der Waals surface area contributed by atoms with E-state index in [1.54, 1.807) is 6.07 Å². The fraction of sp³-hybridized carbons (Fsp3) is 0.214. The van der Waals surface area contributed by atoms with Crippen molar-refractivity contribution in [3.63, 3.8) is 0 Å². The van der Waals surface area contributed by atoms with Gasteiger partial charge in [0.25, 0.3) is 5.69 Å². The second-order valence-electron chi connectivity index (χ2n) is 4.58. The highest BCUT2D eigenvalue weighted by molar-refractivity contribution is 5.48. The molecule has 6 nitrogen and oxygen atoms in total. The third-order valence-corrected chi connectivity index (χ3v) is 2.86. The van der Waals surface area contributed by atoms with Gasteiger partial charge in [-0.15, -0.1) is 0 Å². The molecule has 0 aliphatic heterocycles. The zero-order valence-electron chi connectivity index (χ0n) is 11.4. The molecule has 0 aliphatic rings. The fourth-order valence-electron chi connectivity index (χ4n) is 1.74. The minimum absolute atomic E-state index is 0.00912. The van der Waals surface area contributed by atoms with Crippen molar-refractivity contribution in [2.75, 3.05) is 24.3 Å². The fourth-order valence-corrected chi connectivity index (χ4v) is 1.74. The van der Waals surface area contributed by atoms with Crippen LogP contribution in [0.5, 0.6) is 0 Å². The van der Waals surface area contributed by atoms with Crippen LogP contribution in [0.1, 0.15) is 5.56 Å². The number of anilines is 2. The predicted octanol–water partition coefficient (Wildman–Crippen LogP) is 2.67. The van der Waals surface area contributed by atoms with Crippen LogP contribution in [-0.2, 0) is 6.54 Å². The Morgan fingerprint density at radius 2 is 2.10 bits per heavy atom. The molecule has 0 fully saturated rings. The van der Waals surface area contributed by atoms with Gasteiger partial charge in [-0.05, 0) is 23.8 Å². The first kappa shape index (κ1) is 13.8. The van der Waals surface area contributed by atoms with Gasteiger partial charge < -0.3 is 10.2 Å². The number of rotatable bonds is 5. The topological polar surface area (TPSA) is 71.3 Å². The van der Waals surface area contributed by atoms with Gasteiger partial charge in [0, 0.05) is 32.4 Å². The highest BCUT2D eigenvalue weighted by atomic mass is 16.6. The summed E-state index contributed by atoms with van der Waals surface area (Å²) in [4.78, 5) is 16.1. The summed E-state index contributed by atoms with van der Waals surface area (Å²) in [6.07, 6.45) is 1.25. The van der Waals surface area contributed by atoms with Crippen LogP contribution in [-0.4, -0.2) is 24.0 Å². The van der Waals surface area contributed by atoms with Crippen LogP contribution in [0.4, 0.5) is 17.2 Å². The van der Waals surface area contributed by atoms with Crippen molar-refractivity contribution >= 4 is 17.2 Å². The summed E-state index contributed by atoms with van der Waals surface area (Å²) in [5.74, 6) is 0.617. The monoisotopic (exact) mass is 272 g/mol. The summed E-state index contributed by atoms with van der Waals surface area (Å²) in [6.45, 7) is 0.618. The van der Waals surface area contributed by atoms with Gasteiger partial charge >= 0.3 is 0 Å². The molecule has 0 atom stereocenters. The maximum absolute atomic E-state index is 10.5. The minimum Gasteiger partial charge on any atom is -0.378 e. The number of hydrogen-bond donors (Lipinski definition) is 1. The van der Waals surface area contributed by atoms with E-state index >= 15 is 0 Å². The van der Waals surface area contributed by atoms with Gasteiger partial charge in [-0.1, -0.05) is 12.1 Å². The van der Waals surface area contributed by atoms with Gasteiger partial charge in [0.2, 0.25) is 0 Å². The number of aromatic nitrogens is 1. The van der Waals surface area contributed by atoms with Gasteiger partial charge in [0.05, 0.1) is 4.92 Å². The Labute approximate surface area is 117 Å². The van der Waals surface area contributed by atoms with Gasteiger partial charge in [-0.3, -0.25) is 10.1 Å². The van der Waals surface area contributed by atoms with Gasteiger partial charge in [-0.25, -0.2) is 4.98 Å². The van der Waals surface area contributed by atoms with E-state index in [1.807, 2.05) is 37.2 Å². The molecule has 0 saturated heterocycles. The summed E-state index contributed by atoms with van der Waals surface area (Å²) in [6, 6.07) is 11.2. The van der Waals surface area contributed by atoms with Crippen molar-refractivity contribution in [2.45, 2.75) is 6.54 Å². The smallest absolute Gasteiger partial charge is 0.287 e. The number of benzene rings is 1. The maximum Gasteiger partial charge on any atom is 0.287 e. The molecule has 1 aromatic heterocycles. The van der Waals surface area contributed by atoms with E-state index < -0.39 is 4.92 Å². The van der Waals surface area contributed by atoms with Crippen LogP contribution in [0.25, 0.3) is 0 Å². The first-order valence-corrected chi connectivity index (χ1v) is 6.17. The molecule has 1 aromatic carbocycles. The zero-order valence-corrected chi connectivity index (χ0v) is 11.4. The molecule has 1 N–H and O–H groups in total. The Hall–Kier alpha value is -2.63. The molecule has 6 heteroatoms. The highest BCUT2D eigenvalue weighted by Gasteiger charge is 2.05. The quantitative estimate of drug-likeness (QED) is 0.669. The summed E-state index contributed by atoms with van der Waals surface area (Å²) in [5, 5.41) is 13.7. The van der Waals surface area contributed by atoms with Crippen molar-refractivity contribution in [3.8, 4) is 0 Å². The van der Waals surface area contributed by atoms with Gasteiger partial charge in [-0.2, -0.15) is 0 Å². The lowest BCUT2D eigenvalue weighted by Crippen LogP contribution is -2.09. The molecular weight excluding hydrogens is 256 g/mol. The molecule has 0 saturated carbocycles. The van der Waals surface area contributed by atoms with E-state index in [9.17, 15) is 10.1 Å². The van der Waals surface area contributed by atoms with E-state index in [-0.39, 0.29) is 5.69 Å². The van der Waals surface area contributed by atoms with Crippen molar-refractivity contribution in [2.24, 2.45) is 0 Å². The van der Waals surface area contributed by atoms with Gasteiger partial charge in [0.1, 0.15) is 12.0 Å². The summed E-state index contributed by atoms with van der Waals surface area (Å²) < 4.78 is 0. The average Bonchev–Trinajstić information content (AvgIpc) is 2.46. The van der Waals surface area contributed by atoms with Crippen molar-refractivity contribution in [1.29, 1.82) is 0 Å². The summed E-state index contributed by atoms with van der Waals surface area (Å²) in [7, 11) is 3.98. The second kappa shape index (κ2) is 6.01. The largest absolute Gasteiger partial charge is 0.378 e. The second-order valence-corrected chi connectivity index (χ2v) is 4.58. The Balaban J connectivity index is 2.01. The van der Waals surface area contributed by atoms with Crippen LogP contribution >= 0.6 is 0 Å². The van der Waals surface area contributed by atoms with Crippen LogP contribution in [0.15, 0.2) is 42.6 Å². The minimum atomic E-state index is -0.461. The van der Waals surface area contributed by atoms with E-state index in [1.165, 1.54) is 12.3 Å². The molecule has 0 amide bonds. The first-order valence-electron chi connectivity index (χ1n) is 6.17.